The molecule has 1 fully saturated rings. The molecule has 0 spiro atoms. The van der Waals surface area contributed by atoms with E-state index in [9.17, 15) is 4.79 Å². The highest BCUT2D eigenvalue weighted by Gasteiger charge is 2.19. The summed E-state index contributed by atoms with van der Waals surface area (Å²) in [4.78, 5) is 17.1. The van der Waals surface area contributed by atoms with Crippen molar-refractivity contribution in [3.8, 4) is 0 Å². The normalized spacial score (nSPS) is 17.6. The Morgan fingerprint density at radius 2 is 2.00 bits per heavy atom. The number of nitrogens with two attached hydrogens (primary N) is 1. The van der Waals surface area contributed by atoms with Crippen LogP contribution in [0.2, 0.25) is 0 Å². The lowest BCUT2D eigenvalue weighted by Gasteiger charge is -2.15. The lowest BCUT2D eigenvalue weighted by Crippen LogP contribution is -2.43. The number of carbonyl (C=O) groups is 1. The monoisotopic (exact) mass is 248 g/mol. The third kappa shape index (κ3) is 3.82. The Labute approximate surface area is 107 Å². The van der Waals surface area contributed by atoms with Gasteiger partial charge in [0, 0.05) is 0 Å². The molecule has 1 aliphatic carbocycles. The molecule has 1 atom stereocenters. The average Bonchev–Trinajstić information content (AvgIpc) is 2.90. The van der Waals surface area contributed by atoms with Crippen molar-refractivity contribution in [2.45, 2.75) is 44.2 Å². The fraction of sp³-hybridized carbons (Fsp3) is 0.500. The third-order valence-electron chi connectivity index (χ3n) is 3.26. The molecule has 0 radical (unpaired) electrons. The molecule has 4 heteroatoms. The summed E-state index contributed by atoms with van der Waals surface area (Å²) in [7, 11) is 0. The van der Waals surface area contributed by atoms with Crippen LogP contribution in [-0.2, 0) is 16.1 Å². The summed E-state index contributed by atoms with van der Waals surface area (Å²) in [5.41, 5.74) is 9.38. The fourth-order valence-corrected chi connectivity index (χ4v) is 2.18. The maximum Gasteiger partial charge on any atom is 0.260 e. The van der Waals surface area contributed by atoms with E-state index in [1.807, 2.05) is 30.3 Å². The maximum atomic E-state index is 11.7. The first-order valence-corrected chi connectivity index (χ1v) is 6.50. The predicted molar refractivity (Wildman–Crippen MR) is 69.6 cm³/mol. The van der Waals surface area contributed by atoms with Crippen molar-refractivity contribution in [2.75, 3.05) is 0 Å². The molecule has 0 aliphatic heterocycles. The molecular formula is C14H20N2O2. The molecule has 0 saturated heterocycles. The Morgan fingerprint density at radius 1 is 1.33 bits per heavy atom. The van der Waals surface area contributed by atoms with E-state index in [1.54, 1.807) is 0 Å². The SMILES string of the molecule is NC(Cc1ccccc1)C(=O)NOC1CCCC1. The number of hydrogen-bond donors (Lipinski definition) is 2. The topological polar surface area (TPSA) is 64.4 Å². The van der Waals surface area contributed by atoms with Gasteiger partial charge >= 0.3 is 0 Å². The minimum absolute atomic E-state index is 0.165. The van der Waals surface area contributed by atoms with Crippen molar-refractivity contribution in [2.24, 2.45) is 5.73 Å². The van der Waals surface area contributed by atoms with Crippen LogP contribution in [0.15, 0.2) is 30.3 Å². The molecule has 4 nitrogen and oxygen atoms in total. The van der Waals surface area contributed by atoms with Gasteiger partial charge in [0.05, 0.1) is 12.1 Å². The lowest BCUT2D eigenvalue weighted by molar-refractivity contribution is -0.139. The average molecular weight is 248 g/mol. The van der Waals surface area contributed by atoms with Crippen LogP contribution in [0.1, 0.15) is 31.2 Å². The van der Waals surface area contributed by atoms with Gasteiger partial charge in [0.1, 0.15) is 0 Å². The zero-order chi connectivity index (χ0) is 12.8. The highest BCUT2D eigenvalue weighted by atomic mass is 16.7. The van der Waals surface area contributed by atoms with Gasteiger partial charge in [-0.3, -0.25) is 9.63 Å². The van der Waals surface area contributed by atoms with Crippen LogP contribution in [0.3, 0.4) is 0 Å². The van der Waals surface area contributed by atoms with Gasteiger partial charge in [0.25, 0.3) is 5.91 Å². The van der Waals surface area contributed by atoms with Crippen molar-refractivity contribution < 1.29 is 9.63 Å². The van der Waals surface area contributed by atoms with Crippen molar-refractivity contribution in [1.82, 2.24) is 5.48 Å². The molecule has 1 aliphatic rings. The third-order valence-corrected chi connectivity index (χ3v) is 3.26. The highest BCUT2D eigenvalue weighted by molar-refractivity contribution is 5.80. The van der Waals surface area contributed by atoms with Gasteiger partial charge in [-0.15, -0.1) is 0 Å². The summed E-state index contributed by atoms with van der Waals surface area (Å²) >= 11 is 0. The summed E-state index contributed by atoms with van der Waals surface area (Å²) in [5.74, 6) is -0.245. The van der Waals surface area contributed by atoms with Gasteiger partial charge in [-0.25, -0.2) is 5.48 Å². The second kappa shape index (κ2) is 6.52. The number of nitrogens with one attached hydrogen (secondary N) is 1. The molecule has 2 rings (SSSR count). The van der Waals surface area contributed by atoms with Crippen molar-refractivity contribution in [1.29, 1.82) is 0 Å². The zero-order valence-electron chi connectivity index (χ0n) is 10.5. The largest absolute Gasteiger partial charge is 0.320 e. The number of amides is 1. The van der Waals surface area contributed by atoms with Gasteiger partial charge < -0.3 is 5.73 Å². The van der Waals surface area contributed by atoms with Crippen LogP contribution in [0.25, 0.3) is 0 Å². The fourth-order valence-electron chi connectivity index (χ4n) is 2.18. The second-order valence-electron chi connectivity index (χ2n) is 4.79. The lowest BCUT2D eigenvalue weighted by atomic mass is 10.1. The summed E-state index contributed by atoms with van der Waals surface area (Å²) in [6.07, 6.45) is 5.09. The first-order valence-electron chi connectivity index (χ1n) is 6.50. The highest BCUT2D eigenvalue weighted by Crippen LogP contribution is 2.19. The van der Waals surface area contributed by atoms with E-state index >= 15 is 0 Å². The van der Waals surface area contributed by atoms with Gasteiger partial charge in [-0.1, -0.05) is 43.2 Å². The van der Waals surface area contributed by atoms with Gasteiger partial charge in [0.15, 0.2) is 0 Å². The number of rotatable bonds is 5. The Balaban J connectivity index is 1.74. The first kappa shape index (κ1) is 13.1. The van der Waals surface area contributed by atoms with Gasteiger partial charge in [-0.05, 0) is 24.8 Å². The van der Waals surface area contributed by atoms with Crippen molar-refractivity contribution >= 4 is 5.91 Å². The van der Waals surface area contributed by atoms with E-state index in [2.05, 4.69) is 5.48 Å². The number of hydroxylamine groups is 1. The minimum Gasteiger partial charge on any atom is -0.320 e. The van der Waals surface area contributed by atoms with E-state index < -0.39 is 6.04 Å². The molecule has 0 bridgehead atoms. The molecule has 1 aromatic rings. The molecule has 1 aromatic carbocycles. The zero-order valence-corrected chi connectivity index (χ0v) is 10.5. The van der Waals surface area contributed by atoms with Gasteiger partial charge in [-0.2, -0.15) is 0 Å². The van der Waals surface area contributed by atoms with E-state index in [0.717, 1.165) is 18.4 Å². The molecule has 18 heavy (non-hydrogen) atoms. The van der Waals surface area contributed by atoms with Crippen LogP contribution in [-0.4, -0.2) is 18.1 Å². The first-order chi connectivity index (χ1) is 8.75. The molecule has 98 valence electrons. The Kier molecular flexibility index (Phi) is 4.73. The molecular weight excluding hydrogens is 228 g/mol. The minimum atomic E-state index is -0.561. The smallest absolute Gasteiger partial charge is 0.260 e. The summed E-state index contributed by atoms with van der Waals surface area (Å²) in [6.45, 7) is 0. The Bertz CT molecular complexity index is 375. The maximum absolute atomic E-state index is 11.7. The molecule has 0 aromatic heterocycles. The molecule has 0 heterocycles. The number of carbonyl (C=O) groups excluding carboxylic acids is 1. The summed E-state index contributed by atoms with van der Waals surface area (Å²) < 4.78 is 0. The molecule has 1 unspecified atom stereocenters. The van der Waals surface area contributed by atoms with Crippen molar-refractivity contribution in [3.05, 3.63) is 35.9 Å². The number of benzene rings is 1. The van der Waals surface area contributed by atoms with Crippen LogP contribution < -0.4 is 11.2 Å². The molecule has 1 amide bonds. The summed E-state index contributed by atoms with van der Waals surface area (Å²) in [6, 6.07) is 9.19. The standard InChI is InChI=1S/C14H20N2O2/c15-13(10-11-6-2-1-3-7-11)14(17)16-18-12-8-4-5-9-12/h1-3,6-7,12-13H,4-5,8-10,15H2,(H,16,17). The second-order valence-corrected chi connectivity index (χ2v) is 4.79. The van der Waals surface area contributed by atoms with Crippen LogP contribution in [0, 0.1) is 0 Å². The van der Waals surface area contributed by atoms with E-state index in [-0.39, 0.29) is 12.0 Å². The van der Waals surface area contributed by atoms with E-state index in [4.69, 9.17) is 10.6 Å². The predicted octanol–water partition coefficient (Wildman–Crippen LogP) is 1.55. The van der Waals surface area contributed by atoms with Crippen LogP contribution in [0.5, 0.6) is 0 Å². The van der Waals surface area contributed by atoms with E-state index in [1.165, 1.54) is 12.8 Å². The summed E-state index contributed by atoms with van der Waals surface area (Å²) in [5, 5.41) is 0. The van der Waals surface area contributed by atoms with Gasteiger partial charge in [0.2, 0.25) is 0 Å². The van der Waals surface area contributed by atoms with Crippen molar-refractivity contribution in [3.63, 3.8) is 0 Å². The van der Waals surface area contributed by atoms with Crippen LogP contribution >= 0.6 is 0 Å². The Hall–Kier alpha value is -1.39. The van der Waals surface area contributed by atoms with E-state index in [0.29, 0.717) is 6.42 Å². The number of hydrogen-bond acceptors (Lipinski definition) is 3. The quantitative estimate of drug-likeness (QED) is 0.777. The van der Waals surface area contributed by atoms with Crippen LogP contribution in [0.4, 0.5) is 0 Å². The molecule has 3 N–H and O–H groups in total. The molecule has 1 saturated carbocycles. The Morgan fingerprint density at radius 3 is 2.67 bits per heavy atom.